The molecule has 1 rings (SSSR count). The van der Waals surface area contributed by atoms with E-state index in [-0.39, 0.29) is 0 Å². The topological polar surface area (TPSA) is 36.4 Å². The van der Waals surface area contributed by atoms with E-state index in [2.05, 4.69) is 4.98 Å². The molecule has 12 heavy (non-hydrogen) atoms. The summed E-state index contributed by atoms with van der Waals surface area (Å²) in [6.45, 7) is 0.292. The van der Waals surface area contributed by atoms with Crippen molar-refractivity contribution in [1.29, 1.82) is 0 Å². The number of aromatic nitrogens is 1. The molecule has 0 spiro atoms. The molecule has 66 valence electrons. The van der Waals surface area contributed by atoms with Gasteiger partial charge in [0.15, 0.2) is 0 Å². The first kappa shape index (κ1) is 9.74. The minimum absolute atomic E-state index is 0.292. The summed E-state index contributed by atoms with van der Waals surface area (Å²) in [6, 6.07) is 0. The third-order valence-corrected chi connectivity index (χ3v) is 1.99. The number of rotatable bonds is 2. The number of halogens is 2. The molecule has 0 saturated carbocycles. The summed E-state index contributed by atoms with van der Waals surface area (Å²) in [5, 5.41) is 10.9. The molecular weight excluding hydrogens is 199 g/mol. The van der Waals surface area contributed by atoms with Gasteiger partial charge in [-0.1, -0.05) is 23.2 Å². The van der Waals surface area contributed by atoms with Crippen LogP contribution in [0.2, 0.25) is 10.0 Å². The minimum Gasteiger partial charge on any atom is -0.314 e. The molecule has 0 aromatic carbocycles. The Bertz CT molecular complexity index is 258. The predicted molar refractivity (Wildman–Crippen MR) is 47.5 cm³/mol. The summed E-state index contributed by atoms with van der Waals surface area (Å²) < 4.78 is 0. The molecule has 0 saturated heterocycles. The molecule has 0 unspecified atom stereocenters. The highest BCUT2D eigenvalue weighted by Gasteiger charge is 2.06. The van der Waals surface area contributed by atoms with Crippen LogP contribution in [0.25, 0.3) is 0 Å². The third-order valence-electron chi connectivity index (χ3n) is 1.34. The molecule has 0 radical (unpaired) electrons. The van der Waals surface area contributed by atoms with Crippen molar-refractivity contribution in [3.05, 3.63) is 28.0 Å². The first-order valence-electron chi connectivity index (χ1n) is 3.29. The van der Waals surface area contributed by atoms with Crippen molar-refractivity contribution in [3.63, 3.8) is 0 Å². The minimum atomic E-state index is 0.292. The van der Waals surface area contributed by atoms with Gasteiger partial charge in [0.1, 0.15) is 0 Å². The molecular formula is C7H8Cl2N2O. The van der Waals surface area contributed by atoms with Gasteiger partial charge in [0.05, 0.1) is 16.6 Å². The number of pyridine rings is 1. The van der Waals surface area contributed by atoms with Crippen LogP contribution in [0.4, 0.5) is 0 Å². The zero-order chi connectivity index (χ0) is 9.14. The second-order valence-corrected chi connectivity index (χ2v) is 3.21. The summed E-state index contributed by atoms with van der Waals surface area (Å²) in [6.07, 6.45) is 2.98. The first-order chi connectivity index (χ1) is 5.61. The molecule has 0 amide bonds. The Balaban J connectivity index is 2.96. The van der Waals surface area contributed by atoms with Crippen molar-refractivity contribution in [1.82, 2.24) is 10.0 Å². The van der Waals surface area contributed by atoms with Crippen LogP contribution in [0.3, 0.4) is 0 Å². The van der Waals surface area contributed by atoms with E-state index in [1.807, 2.05) is 0 Å². The van der Waals surface area contributed by atoms with Crippen molar-refractivity contribution < 1.29 is 5.21 Å². The summed E-state index contributed by atoms with van der Waals surface area (Å²) in [4.78, 5) is 3.79. The van der Waals surface area contributed by atoms with E-state index in [9.17, 15) is 0 Å². The van der Waals surface area contributed by atoms with Crippen molar-refractivity contribution in [2.75, 3.05) is 7.05 Å². The van der Waals surface area contributed by atoms with E-state index in [1.165, 1.54) is 19.4 Å². The normalized spacial score (nSPS) is 10.8. The largest absolute Gasteiger partial charge is 0.314 e. The van der Waals surface area contributed by atoms with E-state index in [4.69, 9.17) is 28.4 Å². The Hall–Kier alpha value is -0.350. The number of hydroxylamine groups is 2. The van der Waals surface area contributed by atoms with Gasteiger partial charge >= 0.3 is 0 Å². The molecule has 0 fully saturated rings. The zero-order valence-corrected chi connectivity index (χ0v) is 7.97. The Morgan fingerprint density at radius 3 is 2.33 bits per heavy atom. The van der Waals surface area contributed by atoms with Crippen molar-refractivity contribution >= 4 is 23.2 Å². The standard InChI is InChI=1S/C7H8Cl2N2O/c1-11(12)4-5-6(8)2-10-3-7(5)9/h2-3,12H,4H2,1H3. The number of hydrogen-bond acceptors (Lipinski definition) is 3. The van der Waals surface area contributed by atoms with Crippen molar-refractivity contribution in [3.8, 4) is 0 Å². The highest BCUT2D eigenvalue weighted by Crippen LogP contribution is 2.23. The van der Waals surface area contributed by atoms with Crippen LogP contribution >= 0.6 is 23.2 Å². The maximum absolute atomic E-state index is 8.95. The predicted octanol–water partition coefficient (Wildman–Crippen LogP) is 2.21. The fourth-order valence-electron chi connectivity index (χ4n) is 0.818. The second kappa shape index (κ2) is 4.05. The van der Waals surface area contributed by atoms with Gasteiger partial charge in [0, 0.05) is 25.0 Å². The molecule has 1 aromatic heterocycles. The van der Waals surface area contributed by atoms with Crippen LogP contribution in [-0.2, 0) is 6.54 Å². The fraction of sp³-hybridized carbons (Fsp3) is 0.286. The van der Waals surface area contributed by atoms with E-state index in [1.54, 1.807) is 0 Å². The SMILES string of the molecule is CN(O)Cc1c(Cl)cncc1Cl. The van der Waals surface area contributed by atoms with Gasteiger partial charge in [-0.3, -0.25) is 4.98 Å². The second-order valence-electron chi connectivity index (χ2n) is 2.40. The smallest absolute Gasteiger partial charge is 0.0650 e. The Labute approximate surface area is 80.5 Å². The summed E-state index contributed by atoms with van der Waals surface area (Å²) >= 11 is 11.6. The summed E-state index contributed by atoms with van der Waals surface area (Å²) in [5.74, 6) is 0. The first-order valence-corrected chi connectivity index (χ1v) is 4.04. The van der Waals surface area contributed by atoms with Gasteiger partial charge < -0.3 is 5.21 Å². The maximum atomic E-state index is 8.95. The van der Waals surface area contributed by atoms with E-state index < -0.39 is 0 Å². The molecule has 0 bridgehead atoms. The molecule has 0 aliphatic heterocycles. The molecule has 1 aromatic rings. The molecule has 5 heteroatoms. The Kier molecular flexibility index (Phi) is 3.29. The molecule has 1 N–H and O–H groups in total. The molecule has 0 atom stereocenters. The van der Waals surface area contributed by atoms with Gasteiger partial charge in [-0.25, -0.2) is 0 Å². The molecule has 0 aliphatic carbocycles. The quantitative estimate of drug-likeness (QED) is 0.755. The number of hydrogen-bond donors (Lipinski definition) is 1. The lowest BCUT2D eigenvalue weighted by molar-refractivity contribution is -0.0731. The van der Waals surface area contributed by atoms with E-state index >= 15 is 0 Å². The van der Waals surface area contributed by atoms with E-state index in [0.717, 1.165) is 5.06 Å². The van der Waals surface area contributed by atoms with Crippen LogP contribution in [0.5, 0.6) is 0 Å². The lowest BCUT2D eigenvalue weighted by Gasteiger charge is -2.10. The van der Waals surface area contributed by atoms with Crippen LogP contribution in [0.1, 0.15) is 5.56 Å². The fourth-order valence-corrected chi connectivity index (χ4v) is 1.30. The van der Waals surface area contributed by atoms with Crippen LogP contribution in [0.15, 0.2) is 12.4 Å². The van der Waals surface area contributed by atoms with Gasteiger partial charge in [-0.05, 0) is 0 Å². The van der Waals surface area contributed by atoms with E-state index in [0.29, 0.717) is 22.2 Å². The molecule has 1 heterocycles. The number of nitrogens with zero attached hydrogens (tertiary/aromatic N) is 2. The summed E-state index contributed by atoms with van der Waals surface area (Å²) in [5.41, 5.74) is 0.679. The summed E-state index contributed by atoms with van der Waals surface area (Å²) in [7, 11) is 1.52. The monoisotopic (exact) mass is 206 g/mol. The highest BCUT2D eigenvalue weighted by atomic mass is 35.5. The van der Waals surface area contributed by atoms with Gasteiger partial charge in [0.2, 0.25) is 0 Å². The average Bonchev–Trinajstić information content (AvgIpc) is 1.97. The van der Waals surface area contributed by atoms with Crippen molar-refractivity contribution in [2.45, 2.75) is 6.54 Å². The highest BCUT2D eigenvalue weighted by molar-refractivity contribution is 6.35. The average molecular weight is 207 g/mol. The third kappa shape index (κ3) is 2.32. The van der Waals surface area contributed by atoms with Gasteiger partial charge in [-0.15, -0.1) is 0 Å². The zero-order valence-electron chi connectivity index (χ0n) is 6.46. The van der Waals surface area contributed by atoms with Crippen LogP contribution < -0.4 is 0 Å². The molecule has 3 nitrogen and oxygen atoms in total. The Morgan fingerprint density at radius 2 is 1.92 bits per heavy atom. The van der Waals surface area contributed by atoms with Crippen LogP contribution in [-0.4, -0.2) is 22.3 Å². The maximum Gasteiger partial charge on any atom is 0.0650 e. The lowest BCUT2D eigenvalue weighted by atomic mass is 10.2. The Morgan fingerprint density at radius 1 is 1.42 bits per heavy atom. The van der Waals surface area contributed by atoms with Crippen LogP contribution in [0, 0.1) is 0 Å². The van der Waals surface area contributed by atoms with Gasteiger partial charge in [-0.2, -0.15) is 5.06 Å². The molecule has 0 aliphatic rings. The lowest BCUT2D eigenvalue weighted by Crippen LogP contribution is -2.12. The van der Waals surface area contributed by atoms with Gasteiger partial charge in [0.25, 0.3) is 0 Å². The van der Waals surface area contributed by atoms with Crippen molar-refractivity contribution in [2.24, 2.45) is 0 Å².